The van der Waals surface area contributed by atoms with Crippen molar-refractivity contribution >= 4 is 5.91 Å². The summed E-state index contributed by atoms with van der Waals surface area (Å²) in [4.78, 5) is 13.2. The largest absolute Gasteiger partial charge is 0.394 e. The van der Waals surface area contributed by atoms with Crippen molar-refractivity contribution in [3.63, 3.8) is 0 Å². The third kappa shape index (κ3) is 27.7. The van der Waals surface area contributed by atoms with Gasteiger partial charge >= 0.3 is 0 Å². The van der Waals surface area contributed by atoms with Gasteiger partial charge in [0.2, 0.25) is 5.91 Å². The van der Waals surface area contributed by atoms with Crippen LogP contribution in [0.15, 0.2) is 0 Å². The Kier molecular flexibility index (Phi) is 38.5. The second kappa shape index (κ2) is 41.5. The minimum absolute atomic E-state index is 0.201. The molecule has 68 heavy (non-hydrogen) atoms. The molecule has 2 saturated heterocycles. The topological polar surface area (TPSA) is 228 Å². The number of hydrogen-bond donors (Lipinski definition) is 9. The minimum atomic E-state index is -1.78. The van der Waals surface area contributed by atoms with E-state index in [9.17, 15) is 45.6 Å². The Morgan fingerprint density at radius 3 is 1.25 bits per heavy atom. The van der Waals surface area contributed by atoms with Gasteiger partial charge in [-0.1, -0.05) is 226 Å². The van der Waals surface area contributed by atoms with Crippen molar-refractivity contribution in [3.8, 4) is 0 Å². The van der Waals surface area contributed by atoms with Crippen molar-refractivity contribution in [1.29, 1.82) is 0 Å². The van der Waals surface area contributed by atoms with Crippen LogP contribution in [0.4, 0.5) is 0 Å². The molecule has 0 aromatic heterocycles. The van der Waals surface area contributed by atoms with Crippen molar-refractivity contribution in [2.24, 2.45) is 0 Å². The van der Waals surface area contributed by atoms with Crippen molar-refractivity contribution < 1.29 is 64.6 Å². The second-order valence-electron chi connectivity index (χ2n) is 20.4. The molecule has 0 bridgehead atoms. The number of carbonyl (C=O) groups is 1. The third-order valence-corrected chi connectivity index (χ3v) is 14.3. The molecule has 1 amide bonds. The summed E-state index contributed by atoms with van der Waals surface area (Å²) < 4.78 is 22.8. The van der Waals surface area contributed by atoms with Crippen LogP contribution in [-0.2, 0) is 23.7 Å². The number of nitrogens with one attached hydrogen (secondary N) is 1. The molecule has 2 rings (SSSR count). The number of hydrogen-bond acceptors (Lipinski definition) is 13. The lowest BCUT2D eigenvalue weighted by molar-refractivity contribution is -0.359. The number of unbranched alkanes of at least 4 members (excludes halogenated alkanes) is 32. The number of aliphatic hydroxyl groups is 8. The van der Waals surface area contributed by atoms with Crippen molar-refractivity contribution in [3.05, 3.63) is 0 Å². The van der Waals surface area contributed by atoms with Gasteiger partial charge in [0.05, 0.1) is 32.0 Å². The lowest BCUT2D eigenvalue weighted by Gasteiger charge is -2.46. The quantitative estimate of drug-likeness (QED) is 0.0261. The molecule has 0 aromatic rings. The van der Waals surface area contributed by atoms with E-state index in [-0.39, 0.29) is 12.5 Å². The number of ether oxygens (including phenoxy) is 4. The highest BCUT2D eigenvalue weighted by Crippen LogP contribution is 2.30. The van der Waals surface area contributed by atoms with Crippen molar-refractivity contribution in [2.75, 3.05) is 19.8 Å². The first-order valence-electron chi connectivity index (χ1n) is 28.3. The maximum Gasteiger partial charge on any atom is 0.220 e. The smallest absolute Gasteiger partial charge is 0.220 e. The number of amides is 1. The van der Waals surface area contributed by atoms with Crippen LogP contribution in [0, 0.1) is 0 Å². The van der Waals surface area contributed by atoms with Gasteiger partial charge in [-0.2, -0.15) is 0 Å². The molecule has 14 heteroatoms. The molecule has 12 atom stereocenters. The first-order valence-corrected chi connectivity index (χ1v) is 28.3. The number of aliphatic hydroxyl groups excluding tert-OH is 8. The summed E-state index contributed by atoms with van der Waals surface area (Å²) in [6.07, 6.45) is 26.7. The van der Waals surface area contributed by atoms with E-state index < -0.39 is 86.8 Å². The van der Waals surface area contributed by atoms with Gasteiger partial charge in [0.25, 0.3) is 0 Å². The van der Waals surface area contributed by atoms with E-state index in [0.29, 0.717) is 12.8 Å². The fraction of sp³-hybridized carbons (Fsp3) is 0.981. The highest BCUT2D eigenvalue weighted by atomic mass is 16.7. The van der Waals surface area contributed by atoms with Crippen LogP contribution in [0.1, 0.15) is 245 Å². The highest BCUT2D eigenvalue weighted by molar-refractivity contribution is 5.76. The molecule has 0 saturated carbocycles. The fourth-order valence-corrected chi connectivity index (χ4v) is 9.71. The molecule has 2 fully saturated rings. The molecule has 0 spiro atoms. The molecule has 2 aliphatic rings. The Bertz CT molecular complexity index is 1150. The Morgan fingerprint density at radius 1 is 0.471 bits per heavy atom. The van der Waals surface area contributed by atoms with Gasteiger partial charge in [-0.05, 0) is 12.8 Å². The molecule has 0 aromatic carbocycles. The van der Waals surface area contributed by atoms with Gasteiger partial charge in [0.15, 0.2) is 12.6 Å². The summed E-state index contributed by atoms with van der Waals surface area (Å²) in [5.41, 5.74) is 0. The molecule has 0 aliphatic carbocycles. The summed E-state index contributed by atoms with van der Waals surface area (Å²) in [6.45, 7) is 2.89. The average molecular weight is 976 g/mol. The standard InChI is InChI=1S/C54H105NO13/c1-3-5-7-9-11-13-15-17-19-21-22-24-26-28-30-32-34-36-38-46(59)55-42(43(58)37-35-33-31-29-27-25-23-20-18-16-14-12-10-8-6-4-2)41-65-53-51(64)49(62)52(45(40-57)67-53)68-54-50(63)48(61)47(60)44(39-56)66-54/h42-45,47-54,56-58,60-64H,3-41H2,1-2H3,(H,55,59). The number of rotatable bonds is 45. The molecule has 14 nitrogen and oxygen atoms in total. The van der Waals surface area contributed by atoms with Gasteiger partial charge in [-0.3, -0.25) is 4.79 Å². The zero-order chi connectivity index (χ0) is 49.6. The highest BCUT2D eigenvalue weighted by Gasteiger charge is 2.51. The summed E-state index contributed by atoms with van der Waals surface area (Å²) in [5, 5.41) is 87.1. The normalized spacial score (nSPS) is 26.3. The first kappa shape index (κ1) is 63.1. The van der Waals surface area contributed by atoms with Crippen LogP contribution in [0.2, 0.25) is 0 Å². The number of carbonyl (C=O) groups excluding carboxylic acids is 1. The van der Waals surface area contributed by atoms with Gasteiger partial charge in [0, 0.05) is 6.42 Å². The SMILES string of the molecule is CCCCCCCCCCCCCCCCCCCCC(=O)NC(COC1OC(CO)C(OC2OC(CO)C(O)C(O)C2O)C(O)C1O)C(O)CCCCCCCCCCCCCCCCCC. The summed E-state index contributed by atoms with van der Waals surface area (Å²) in [6, 6.07) is -0.821. The molecular formula is C54H105NO13. The van der Waals surface area contributed by atoms with Crippen LogP contribution in [0.25, 0.3) is 0 Å². The van der Waals surface area contributed by atoms with E-state index in [1.807, 2.05) is 0 Å². The zero-order valence-corrected chi connectivity index (χ0v) is 43.1. The maximum absolute atomic E-state index is 13.2. The van der Waals surface area contributed by atoms with Gasteiger partial charge in [-0.25, -0.2) is 0 Å². The summed E-state index contributed by atoms with van der Waals surface area (Å²) >= 11 is 0. The maximum atomic E-state index is 13.2. The summed E-state index contributed by atoms with van der Waals surface area (Å²) in [5.74, 6) is -0.201. The monoisotopic (exact) mass is 976 g/mol. The molecule has 2 heterocycles. The Balaban J connectivity index is 1.78. The predicted octanol–water partition coefficient (Wildman–Crippen LogP) is 8.56. The molecular weight excluding hydrogens is 871 g/mol. The lowest BCUT2D eigenvalue weighted by Crippen LogP contribution is -2.65. The van der Waals surface area contributed by atoms with E-state index in [1.165, 1.54) is 167 Å². The Labute approximate surface area is 413 Å². The van der Waals surface area contributed by atoms with E-state index in [0.717, 1.165) is 51.4 Å². The lowest BCUT2D eigenvalue weighted by atomic mass is 9.97. The van der Waals surface area contributed by atoms with E-state index in [1.54, 1.807) is 0 Å². The van der Waals surface area contributed by atoms with E-state index in [2.05, 4.69) is 19.2 Å². The third-order valence-electron chi connectivity index (χ3n) is 14.3. The predicted molar refractivity (Wildman–Crippen MR) is 268 cm³/mol. The van der Waals surface area contributed by atoms with E-state index >= 15 is 0 Å². The van der Waals surface area contributed by atoms with Crippen LogP contribution in [-0.4, -0.2) is 140 Å². The molecule has 9 N–H and O–H groups in total. The Morgan fingerprint density at radius 2 is 0.838 bits per heavy atom. The van der Waals surface area contributed by atoms with Crippen molar-refractivity contribution in [1.82, 2.24) is 5.32 Å². The van der Waals surface area contributed by atoms with Crippen molar-refractivity contribution in [2.45, 2.75) is 319 Å². The van der Waals surface area contributed by atoms with Gasteiger partial charge in [0.1, 0.15) is 48.8 Å². The molecule has 0 radical (unpaired) electrons. The molecule has 12 unspecified atom stereocenters. The molecule has 2 aliphatic heterocycles. The van der Waals surface area contributed by atoms with Crippen LogP contribution in [0.5, 0.6) is 0 Å². The van der Waals surface area contributed by atoms with Gasteiger partial charge < -0.3 is 65.1 Å². The van der Waals surface area contributed by atoms with Crippen LogP contribution >= 0.6 is 0 Å². The van der Waals surface area contributed by atoms with Crippen LogP contribution < -0.4 is 5.32 Å². The van der Waals surface area contributed by atoms with Gasteiger partial charge in [-0.15, -0.1) is 0 Å². The van der Waals surface area contributed by atoms with Crippen LogP contribution in [0.3, 0.4) is 0 Å². The first-order chi connectivity index (χ1) is 33.1. The fourth-order valence-electron chi connectivity index (χ4n) is 9.71. The second-order valence-corrected chi connectivity index (χ2v) is 20.4. The molecule has 404 valence electrons. The van der Waals surface area contributed by atoms with E-state index in [4.69, 9.17) is 18.9 Å². The summed E-state index contributed by atoms with van der Waals surface area (Å²) in [7, 11) is 0. The average Bonchev–Trinajstić information content (AvgIpc) is 3.34. The zero-order valence-electron chi connectivity index (χ0n) is 43.1. The Hall–Kier alpha value is -1.01. The minimum Gasteiger partial charge on any atom is -0.394 e.